The number of carbonyl (C=O) groups is 1. The fraction of sp³-hybridized carbons (Fsp3) is 0.188. The van der Waals surface area contributed by atoms with Crippen molar-refractivity contribution in [3.63, 3.8) is 0 Å². The number of hydrogen-bond donors (Lipinski definition) is 1. The van der Waals surface area contributed by atoms with Crippen molar-refractivity contribution in [3.8, 4) is 5.75 Å². The number of hydrogen-bond acceptors (Lipinski definition) is 2. The summed E-state index contributed by atoms with van der Waals surface area (Å²) in [7, 11) is 0. The molecule has 2 aromatic carbocycles. The first kappa shape index (κ1) is 15.7. The number of benzene rings is 2. The van der Waals surface area contributed by atoms with E-state index in [9.17, 15) is 18.0 Å². The molecule has 0 aromatic heterocycles. The summed E-state index contributed by atoms with van der Waals surface area (Å²) in [6.45, 7) is 0.576. The molecule has 0 spiro atoms. The van der Waals surface area contributed by atoms with E-state index in [0.29, 0.717) is 12.3 Å². The smallest absolute Gasteiger partial charge is 0.417 e. The maximum atomic E-state index is 12.8. The maximum absolute atomic E-state index is 12.8. The second kappa shape index (κ2) is 5.77. The van der Waals surface area contributed by atoms with Crippen molar-refractivity contribution in [2.45, 2.75) is 12.6 Å². The van der Waals surface area contributed by atoms with Gasteiger partial charge < -0.3 is 10.1 Å². The number of nitrogens with one attached hydrogen (secondary N) is 1. The van der Waals surface area contributed by atoms with E-state index in [1.165, 1.54) is 6.07 Å². The van der Waals surface area contributed by atoms with Gasteiger partial charge >= 0.3 is 6.18 Å². The fourth-order valence-corrected chi connectivity index (χ4v) is 2.71. The zero-order valence-corrected chi connectivity index (χ0v) is 12.5. The Morgan fingerprint density at radius 2 is 2.00 bits per heavy atom. The van der Waals surface area contributed by atoms with Crippen molar-refractivity contribution in [3.05, 3.63) is 58.1 Å². The quantitative estimate of drug-likeness (QED) is 0.870. The van der Waals surface area contributed by atoms with Crippen molar-refractivity contribution in [1.82, 2.24) is 0 Å². The van der Waals surface area contributed by atoms with Gasteiger partial charge in [-0.1, -0.05) is 17.7 Å². The van der Waals surface area contributed by atoms with Crippen molar-refractivity contribution in [2.75, 3.05) is 11.9 Å². The number of carbonyl (C=O) groups excluding carboxylic acids is 1. The molecular weight excluding hydrogens is 331 g/mol. The monoisotopic (exact) mass is 341 g/mol. The standard InChI is InChI=1S/C16H11ClF3NO2/c17-14-11(2-1-3-12(14)16(18,19)20)15(22)21-10-4-5-13-9(8-10)6-7-23-13/h1-5,8H,6-7H2,(H,21,22). The molecule has 0 saturated heterocycles. The van der Waals surface area contributed by atoms with Crippen LogP contribution >= 0.6 is 11.6 Å². The van der Waals surface area contributed by atoms with Gasteiger partial charge in [-0.25, -0.2) is 0 Å². The van der Waals surface area contributed by atoms with Crippen LogP contribution in [0.15, 0.2) is 36.4 Å². The molecule has 1 amide bonds. The Morgan fingerprint density at radius 3 is 2.74 bits per heavy atom. The van der Waals surface area contributed by atoms with Crippen LogP contribution in [0, 0.1) is 0 Å². The lowest BCUT2D eigenvalue weighted by molar-refractivity contribution is -0.137. The number of rotatable bonds is 2. The molecule has 2 aromatic rings. The summed E-state index contributed by atoms with van der Waals surface area (Å²) >= 11 is 5.75. The van der Waals surface area contributed by atoms with Crippen LogP contribution in [0.25, 0.3) is 0 Å². The predicted molar refractivity (Wildman–Crippen MR) is 80.0 cm³/mol. The summed E-state index contributed by atoms with van der Waals surface area (Å²) in [4.78, 5) is 12.2. The molecule has 1 N–H and O–H groups in total. The Labute approximate surface area is 135 Å². The number of halogens is 4. The van der Waals surface area contributed by atoms with Crippen molar-refractivity contribution in [2.24, 2.45) is 0 Å². The number of amides is 1. The third-order valence-electron chi connectivity index (χ3n) is 3.50. The highest BCUT2D eigenvalue weighted by Gasteiger charge is 2.34. The van der Waals surface area contributed by atoms with Gasteiger partial charge in [0.05, 0.1) is 22.8 Å². The van der Waals surface area contributed by atoms with Crippen LogP contribution in [-0.4, -0.2) is 12.5 Å². The summed E-state index contributed by atoms with van der Waals surface area (Å²) in [5.41, 5.74) is 0.165. The Morgan fingerprint density at radius 1 is 1.22 bits per heavy atom. The van der Waals surface area contributed by atoms with Crippen molar-refractivity contribution < 1.29 is 22.7 Å². The first-order chi connectivity index (χ1) is 10.9. The minimum Gasteiger partial charge on any atom is -0.493 e. The van der Waals surface area contributed by atoms with Gasteiger partial charge in [0.2, 0.25) is 0 Å². The molecule has 1 aliphatic heterocycles. The minimum atomic E-state index is -4.61. The van der Waals surface area contributed by atoms with Crippen molar-refractivity contribution >= 4 is 23.2 Å². The van der Waals surface area contributed by atoms with Crippen molar-refractivity contribution in [1.29, 1.82) is 0 Å². The summed E-state index contributed by atoms with van der Waals surface area (Å²) in [5, 5.41) is 1.95. The normalized spacial score (nSPS) is 13.4. The third kappa shape index (κ3) is 3.12. The van der Waals surface area contributed by atoms with Gasteiger partial charge in [0.25, 0.3) is 5.91 Å². The molecule has 0 unspecified atom stereocenters. The molecule has 7 heteroatoms. The largest absolute Gasteiger partial charge is 0.493 e. The molecule has 0 atom stereocenters. The van der Waals surface area contributed by atoms with Crippen LogP contribution in [0.1, 0.15) is 21.5 Å². The molecule has 3 rings (SSSR count). The van der Waals surface area contributed by atoms with E-state index in [1.54, 1.807) is 18.2 Å². The predicted octanol–water partition coefficient (Wildman–Crippen LogP) is 4.55. The fourth-order valence-electron chi connectivity index (χ4n) is 2.39. The summed E-state index contributed by atoms with van der Waals surface area (Å²) in [5.74, 6) is 0.0556. The van der Waals surface area contributed by atoms with E-state index in [4.69, 9.17) is 16.3 Å². The SMILES string of the molecule is O=C(Nc1ccc2c(c1)CCO2)c1cccc(C(F)(F)F)c1Cl. The molecule has 23 heavy (non-hydrogen) atoms. The highest BCUT2D eigenvalue weighted by Crippen LogP contribution is 2.36. The first-order valence-corrected chi connectivity index (χ1v) is 7.17. The number of ether oxygens (including phenoxy) is 1. The molecular formula is C16H11ClF3NO2. The Bertz CT molecular complexity index is 774. The van der Waals surface area contributed by atoms with E-state index in [0.717, 1.165) is 29.9 Å². The van der Waals surface area contributed by atoms with Gasteiger partial charge in [-0.15, -0.1) is 0 Å². The Kier molecular flexibility index (Phi) is 3.93. The van der Waals surface area contributed by atoms with Crippen LogP contribution in [-0.2, 0) is 12.6 Å². The van der Waals surface area contributed by atoms with Gasteiger partial charge in [0, 0.05) is 12.1 Å². The van der Waals surface area contributed by atoms with E-state index in [-0.39, 0.29) is 5.56 Å². The number of anilines is 1. The molecule has 0 radical (unpaired) electrons. The zero-order chi connectivity index (χ0) is 16.6. The average molecular weight is 342 g/mol. The van der Waals surface area contributed by atoms with Crippen LogP contribution in [0.3, 0.4) is 0 Å². The van der Waals surface area contributed by atoms with Gasteiger partial charge in [-0.3, -0.25) is 4.79 Å². The molecule has 1 heterocycles. The third-order valence-corrected chi connectivity index (χ3v) is 3.90. The van der Waals surface area contributed by atoms with E-state index < -0.39 is 22.7 Å². The lowest BCUT2D eigenvalue weighted by Crippen LogP contribution is -2.15. The van der Waals surface area contributed by atoms with Crippen LogP contribution in [0.2, 0.25) is 5.02 Å². The highest BCUT2D eigenvalue weighted by molar-refractivity contribution is 6.35. The van der Waals surface area contributed by atoms with E-state index in [1.807, 2.05) is 0 Å². The lowest BCUT2D eigenvalue weighted by atomic mass is 10.1. The van der Waals surface area contributed by atoms with Crippen LogP contribution in [0.5, 0.6) is 5.75 Å². The Balaban J connectivity index is 1.87. The molecule has 1 aliphatic rings. The minimum absolute atomic E-state index is 0.224. The van der Waals surface area contributed by atoms with Gasteiger partial charge in [-0.05, 0) is 35.9 Å². The second-order valence-electron chi connectivity index (χ2n) is 5.04. The molecule has 0 saturated carbocycles. The van der Waals surface area contributed by atoms with Gasteiger partial charge in [0.15, 0.2) is 0 Å². The molecule has 3 nitrogen and oxygen atoms in total. The highest BCUT2D eigenvalue weighted by atomic mass is 35.5. The topological polar surface area (TPSA) is 38.3 Å². The van der Waals surface area contributed by atoms with Crippen LogP contribution in [0.4, 0.5) is 18.9 Å². The summed E-state index contributed by atoms with van der Waals surface area (Å²) in [6, 6.07) is 8.33. The maximum Gasteiger partial charge on any atom is 0.417 e. The zero-order valence-electron chi connectivity index (χ0n) is 11.7. The van der Waals surface area contributed by atoms with Gasteiger partial charge in [-0.2, -0.15) is 13.2 Å². The average Bonchev–Trinajstić information content (AvgIpc) is 2.93. The first-order valence-electron chi connectivity index (χ1n) is 6.79. The Hall–Kier alpha value is -2.21. The summed E-state index contributed by atoms with van der Waals surface area (Å²) < 4.78 is 43.9. The van der Waals surface area contributed by atoms with E-state index >= 15 is 0 Å². The molecule has 0 aliphatic carbocycles. The van der Waals surface area contributed by atoms with Crippen LogP contribution < -0.4 is 10.1 Å². The number of fused-ring (bicyclic) bond motifs is 1. The summed E-state index contributed by atoms with van der Waals surface area (Å²) in [6.07, 6.45) is -3.89. The van der Waals surface area contributed by atoms with E-state index in [2.05, 4.69) is 5.32 Å². The lowest BCUT2D eigenvalue weighted by Gasteiger charge is -2.12. The number of alkyl halides is 3. The second-order valence-corrected chi connectivity index (χ2v) is 5.42. The molecule has 120 valence electrons. The molecule has 0 bridgehead atoms. The molecule has 0 fully saturated rings. The van der Waals surface area contributed by atoms with Gasteiger partial charge in [0.1, 0.15) is 5.75 Å².